The second-order valence-corrected chi connectivity index (χ2v) is 4.68. The van der Waals surface area contributed by atoms with Crippen LogP contribution < -0.4 is 0 Å². The Labute approximate surface area is 114 Å². The standard InChI is InChI=1S/C15H22FNO2/c1-4-6-7-8-11(5-2)14-13(15(18)19-3)9-12(16)10-17-14/h9-11H,4-8H2,1-3H3. The molecule has 0 aromatic carbocycles. The summed E-state index contributed by atoms with van der Waals surface area (Å²) in [6.07, 6.45) is 6.42. The molecule has 3 nitrogen and oxygen atoms in total. The van der Waals surface area contributed by atoms with Crippen LogP contribution in [-0.2, 0) is 4.74 Å². The van der Waals surface area contributed by atoms with Crippen LogP contribution in [0.15, 0.2) is 12.3 Å². The molecule has 1 heterocycles. The van der Waals surface area contributed by atoms with Gasteiger partial charge < -0.3 is 4.74 Å². The molecule has 1 unspecified atom stereocenters. The first-order valence-corrected chi connectivity index (χ1v) is 6.87. The molecule has 1 aromatic rings. The average Bonchev–Trinajstić information content (AvgIpc) is 2.43. The van der Waals surface area contributed by atoms with Gasteiger partial charge in [0.1, 0.15) is 5.82 Å². The van der Waals surface area contributed by atoms with E-state index in [4.69, 9.17) is 4.74 Å². The van der Waals surface area contributed by atoms with Gasteiger partial charge in [-0.3, -0.25) is 4.98 Å². The lowest BCUT2D eigenvalue weighted by Crippen LogP contribution is -2.12. The van der Waals surface area contributed by atoms with E-state index in [1.165, 1.54) is 19.4 Å². The summed E-state index contributed by atoms with van der Waals surface area (Å²) in [5.41, 5.74) is 0.915. The summed E-state index contributed by atoms with van der Waals surface area (Å²) in [4.78, 5) is 15.8. The molecule has 0 radical (unpaired) electrons. The zero-order valence-electron chi connectivity index (χ0n) is 11.9. The average molecular weight is 267 g/mol. The molecule has 1 atom stereocenters. The Morgan fingerprint density at radius 3 is 2.74 bits per heavy atom. The molecule has 0 aliphatic rings. The maximum absolute atomic E-state index is 13.2. The van der Waals surface area contributed by atoms with Gasteiger partial charge in [0.15, 0.2) is 0 Å². The Bertz CT molecular complexity index is 421. The third-order valence-corrected chi connectivity index (χ3v) is 3.33. The molecule has 0 fully saturated rings. The van der Waals surface area contributed by atoms with Gasteiger partial charge in [-0.2, -0.15) is 0 Å². The van der Waals surface area contributed by atoms with Gasteiger partial charge in [-0.15, -0.1) is 0 Å². The molecule has 4 heteroatoms. The lowest BCUT2D eigenvalue weighted by atomic mass is 9.92. The number of hydrogen-bond donors (Lipinski definition) is 0. The fourth-order valence-corrected chi connectivity index (χ4v) is 2.22. The van der Waals surface area contributed by atoms with Gasteiger partial charge in [0.2, 0.25) is 0 Å². The van der Waals surface area contributed by atoms with Crippen LogP contribution in [0.5, 0.6) is 0 Å². The van der Waals surface area contributed by atoms with Gasteiger partial charge in [-0.1, -0.05) is 33.1 Å². The van der Waals surface area contributed by atoms with E-state index in [-0.39, 0.29) is 11.5 Å². The number of hydrogen-bond acceptors (Lipinski definition) is 3. The smallest absolute Gasteiger partial charge is 0.339 e. The molecule has 0 N–H and O–H groups in total. The van der Waals surface area contributed by atoms with Crippen molar-refractivity contribution in [2.75, 3.05) is 7.11 Å². The predicted octanol–water partition coefficient (Wildman–Crippen LogP) is 4.08. The van der Waals surface area contributed by atoms with Crippen molar-refractivity contribution in [3.8, 4) is 0 Å². The van der Waals surface area contributed by atoms with Gasteiger partial charge in [0, 0.05) is 5.92 Å². The fourth-order valence-electron chi connectivity index (χ4n) is 2.22. The Kier molecular flexibility index (Phi) is 6.46. The number of pyridine rings is 1. The molecule has 1 rings (SSSR count). The molecule has 0 saturated carbocycles. The second-order valence-electron chi connectivity index (χ2n) is 4.68. The molecule has 1 aromatic heterocycles. The number of unbranched alkanes of at least 4 members (excludes halogenated alkanes) is 2. The molecular weight excluding hydrogens is 245 g/mol. The van der Waals surface area contributed by atoms with E-state index in [0.29, 0.717) is 5.69 Å². The molecule has 0 aliphatic heterocycles. The highest BCUT2D eigenvalue weighted by atomic mass is 19.1. The number of ether oxygens (including phenoxy) is 1. The van der Waals surface area contributed by atoms with Crippen molar-refractivity contribution < 1.29 is 13.9 Å². The molecule has 0 saturated heterocycles. The number of esters is 1. The minimum absolute atomic E-state index is 0.182. The Balaban J connectivity index is 2.98. The summed E-state index contributed by atoms with van der Waals surface area (Å²) >= 11 is 0. The third kappa shape index (κ3) is 4.30. The summed E-state index contributed by atoms with van der Waals surface area (Å²) in [7, 11) is 1.30. The molecule has 0 amide bonds. The van der Waals surface area contributed by atoms with E-state index >= 15 is 0 Å². The van der Waals surface area contributed by atoms with Gasteiger partial charge in [-0.05, 0) is 18.9 Å². The highest BCUT2D eigenvalue weighted by Crippen LogP contribution is 2.27. The van der Waals surface area contributed by atoms with Crippen molar-refractivity contribution in [2.24, 2.45) is 0 Å². The van der Waals surface area contributed by atoms with Crippen LogP contribution in [0.3, 0.4) is 0 Å². The summed E-state index contributed by atoms with van der Waals surface area (Å²) in [6, 6.07) is 1.22. The van der Waals surface area contributed by atoms with Crippen molar-refractivity contribution in [3.05, 3.63) is 29.3 Å². The Morgan fingerprint density at radius 2 is 2.16 bits per heavy atom. The van der Waals surface area contributed by atoms with Crippen LogP contribution in [0.25, 0.3) is 0 Å². The topological polar surface area (TPSA) is 39.2 Å². The third-order valence-electron chi connectivity index (χ3n) is 3.33. The lowest BCUT2D eigenvalue weighted by molar-refractivity contribution is 0.0597. The minimum atomic E-state index is -0.518. The van der Waals surface area contributed by atoms with Crippen molar-refractivity contribution in [1.82, 2.24) is 4.98 Å². The maximum atomic E-state index is 13.2. The first-order chi connectivity index (χ1) is 9.13. The second kappa shape index (κ2) is 7.87. The number of rotatable bonds is 7. The summed E-state index contributed by atoms with van der Waals surface area (Å²) in [6.45, 7) is 4.21. The summed E-state index contributed by atoms with van der Waals surface area (Å²) in [5, 5.41) is 0. The molecule has 0 bridgehead atoms. The van der Waals surface area contributed by atoms with E-state index in [1.807, 2.05) is 0 Å². The van der Waals surface area contributed by atoms with Crippen molar-refractivity contribution in [3.63, 3.8) is 0 Å². The zero-order chi connectivity index (χ0) is 14.3. The number of halogens is 1. The quantitative estimate of drug-likeness (QED) is 0.552. The fraction of sp³-hybridized carbons (Fsp3) is 0.600. The first kappa shape index (κ1) is 15.6. The summed E-state index contributed by atoms with van der Waals surface area (Å²) in [5.74, 6) is -0.843. The molecular formula is C15H22FNO2. The van der Waals surface area contributed by atoms with Crippen LogP contribution in [0.2, 0.25) is 0 Å². The normalized spacial score (nSPS) is 12.2. The van der Waals surface area contributed by atoms with Crippen LogP contribution in [0.4, 0.5) is 4.39 Å². The highest BCUT2D eigenvalue weighted by molar-refractivity contribution is 5.90. The molecule has 0 aliphatic carbocycles. The van der Waals surface area contributed by atoms with Gasteiger partial charge in [-0.25, -0.2) is 9.18 Å². The Morgan fingerprint density at radius 1 is 1.42 bits per heavy atom. The highest BCUT2D eigenvalue weighted by Gasteiger charge is 2.20. The predicted molar refractivity (Wildman–Crippen MR) is 72.7 cm³/mol. The van der Waals surface area contributed by atoms with Crippen molar-refractivity contribution >= 4 is 5.97 Å². The largest absolute Gasteiger partial charge is 0.465 e. The minimum Gasteiger partial charge on any atom is -0.465 e. The number of carbonyl (C=O) groups is 1. The van der Waals surface area contributed by atoms with Gasteiger partial charge >= 0.3 is 5.97 Å². The SMILES string of the molecule is CCCCCC(CC)c1ncc(F)cc1C(=O)OC. The van der Waals surface area contributed by atoms with Crippen LogP contribution >= 0.6 is 0 Å². The van der Waals surface area contributed by atoms with Crippen LogP contribution in [-0.4, -0.2) is 18.1 Å². The molecule has 19 heavy (non-hydrogen) atoms. The van der Waals surface area contributed by atoms with E-state index in [1.54, 1.807) is 0 Å². The summed E-state index contributed by atoms with van der Waals surface area (Å²) < 4.78 is 18.0. The van der Waals surface area contributed by atoms with E-state index in [0.717, 1.165) is 32.1 Å². The van der Waals surface area contributed by atoms with Gasteiger partial charge in [0.25, 0.3) is 0 Å². The Hall–Kier alpha value is -1.45. The number of methoxy groups -OCH3 is 1. The molecule has 0 spiro atoms. The number of aromatic nitrogens is 1. The number of carbonyl (C=O) groups excluding carboxylic acids is 1. The zero-order valence-corrected chi connectivity index (χ0v) is 11.9. The number of nitrogens with zero attached hydrogens (tertiary/aromatic N) is 1. The van der Waals surface area contributed by atoms with E-state index in [2.05, 4.69) is 18.8 Å². The monoisotopic (exact) mass is 267 g/mol. The van der Waals surface area contributed by atoms with Crippen LogP contribution in [0, 0.1) is 5.82 Å². The van der Waals surface area contributed by atoms with Crippen molar-refractivity contribution in [2.45, 2.75) is 51.9 Å². The molecule has 106 valence electrons. The van der Waals surface area contributed by atoms with Crippen molar-refractivity contribution in [1.29, 1.82) is 0 Å². The lowest BCUT2D eigenvalue weighted by Gasteiger charge is -2.17. The first-order valence-electron chi connectivity index (χ1n) is 6.87. The van der Waals surface area contributed by atoms with E-state index in [9.17, 15) is 9.18 Å². The maximum Gasteiger partial charge on any atom is 0.339 e. The van der Waals surface area contributed by atoms with E-state index < -0.39 is 11.8 Å². The van der Waals surface area contributed by atoms with Gasteiger partial charge in [0.05, 0.1) is 24.6 Å². The van der Waals surface area contributed by atoms with Crippen LogP contribution in [0.1, 0.15) is 67.9 Å².